The van der Waals surface area contributed by atoms with E-state index in [9.17, 15) is 9.59 Å². The van der Waals surface area contributed by atoms with Gasteiger partial charge in [-0.25, -0.2) is 4.79 Å². The normalized spacial score (nSPS) is 17.9. The Morgan fingerprint density at radius 3 is 2.35 bits per heavy atom. The van der Waals surface area contributed by atoms with E-state index in [2.05, 4.69) is 15.5 Å². The number of amides is 3. The van der Waals surface area contributed by atoms with Gasteiger partial charge in [0, 0.05) is 38.4 Å². The number of carbonyl (C=O) groups is 2. The van der Waals surface area contributed by atoms with Crippen molar-refractivity contribution in [2.45, 2.75) is 38.1 Å². The second kappa shape index (κ2) is 11.9. The van der Waals surface area contributed by atoms with Crippen LogP contribution in [-0.2, 0) is 11.2 Å². The largest absolute Gasteiger partial charge is 0.496 e. The number of nitrogens with zero attached hydrogens (tertiary/aromatic N) is 2. The minimum absolute atomic E-state index is 0.0791. The lowest BCUT2D eigenvalue weighted by molar-refractivity contribution is -0.129. The fourth-order valence-corrected chi connectivity index (χ4v) is 5.21. The topological polar surface area (TPSA) is 73.9 Å². The maximum absolute atomic E-state index is 13.4. The number of hydrogen-bond acceptors (Lipinski definition) is 4. The van der Waals surface area contributed by atoms with Crippen molar-refractivity contribution in [3.05, 3.63) is 60.2 Å². The Morgan fingerprint density at radius 1 is 0.971 bits per heavy atom. The van der Waals surface area contributed by atoms with Crippen LogP contribution in [0.3, 0.4) is 0 Å². The zero-order valence-corrected chi connectivity index (χ0v) is 20.0. The van der Waals surface area contributed by atoms with Crippen molar-refractivity contribution < 1.29 is 14.3 Å². The van der Waals surface area contributed by atoms with Crippen molar-refractivity contribution >= 4 is 17.6 Å². The van der Waals surface area contributed by atoms with Crippen LogP contribution in [-0.4, -0.2) is 67.6 Å². The van der Waals surface area contributed by atoms with Gasteiger partial charge < -0.3 is 20.3 Å². The van der Waals surface area contributed by atoms with Gasteiger partial charge in [0.05, 0.1) is 13.2 Å². The molecule has 34 heavy (non-hydrogen) atoms. The summed E-state index contributed by atoms with van der Waals surface area (Å²) in [5.41, 5.74) is 1.90. The fourth-order valence-electron chi connectivity index (χ4n) is 5.21. The maximum Gasteiger partial charge on any atom is 0.321 e. The average molecular weight is 465 g/mol. The van der Waals surface area contributed by atoms with Crippen molar-refractivity contribution in [3.8, 4) is 5.75 Å². The van der Waals surface area contributed by atoms with Crippen molar-refractivity contribution in [1.82, 2.24) is 15.1 Å². The van der Waals surface area contributed by atoms with Crippen LogP contribution in [0.25, 0.3) is 0 Å². The Balaban J connectivity index is 1.32. The first-order valence-electron chi connectivity index (χ1n) is 12.4. The van der Waals surface area contributed by atoms with E-state index in [1.165, 1.54) is 12.8 Å². The molecule has 2 aromatic rings. The number of ether oxygens (including phenoxy) is 1. The van der Waals surface area contributed by atoms with Crippen molar-refractivity contribution in [3.63, 3.8) is 0 Å². The number of anilines is 1. The highest BCUT2D eigenvalue weighted by Crippen LogP contribution is 2.31. The molecule has 1 aliphatic carbocycles. The Bertz CT molecular complexity index is 938. The van der Waals surface area contributed by atoms with Crippen LogP contribution in [0.5, 0.6) is 5.75 Å². The number of rotatable bonds is 8. The van der Waals surface area contributed by atoms with E-state index in [1.54, 1.807) is 7.11 Å². The summed E-state index contributed by atoms with van der Waals surface area (Å²) in [5, 5.41) is 6.16. The van der Waals surface area contributed by atoms with Gasteiger partial charge in [0.25, 0.3) is 0 Å². The Labute approximate surface area is 202 Å². The van der Waals surface area contributed by atoms with Gasteiger partial charge in [0.15, 0.2) is 0 Å². The van der Waals surface area contributed by atoms with Gasteiger partial charge in [-0.15, -0.1) is 0 Å². The molecule has 2 fully saturated rings. The van der Waals surface area contributed by atoms with Crippen LogP contribution in [0.1, 0.15) is 31.2 Å². The third-order valence-electron chi connectivity index (χ3n) is 7.02. The summed E-state index contributed by atoms with van der Waals surface area (Å²) >= 11 is 0. The number of hydrogen-bond donors (Lipinski definition) is 2. The Morgan fingerprint density at radius 2 is 1.65 bits per heavy atom. The lowest BCUT2D eigenvalue weighted by Crippen LogP contribution is -2.58. The number of benzene rings is 2. The molecule has 1 aliphatic heterocycles. The van der Waals surface area contributed by atoms with E-state index in [-0.39, 0.29) is 18.0 Å². The van der Waals surface area contributed by atoms with Crippen LogP contribution < -0.4 is 15.4 Å². The molecule has 2 N–H and O–H groups in total. The molecular weight excluding hydrogens is 428 g/mol. The number of para-hydroxylation sites is 2. The molecule has 3 amide bonds. The summed E-state index contributed by atoms with van der Waals surface area (Å²) in [4.78, 5) is 30.2. The molecule has 2 aliphatic rings. The molecule has 7 heteroatoms. The third kappa shape index (κ3) is 6.08. The molecule has 1 heterocycles. The number of carbonyl (C=O) groups excluding carboxylic acids is 2. The van der Waals surface area contributed by atoms with Crippen LogP contribution in [0.2, 0.25) is 0 Å². The number of nitrogens with one attached hydrogen (secondary N) is 2. The number of piperazine rings is 1. The van der Waals surface area contributed by atoms with E-state index in [1.807, 2.05) is 59.5 Å². The summed E-state index contributed by atoms with van der Waals surface area (Å²) in [6, 6.07) is 17.3. The Kier molecular flexibility index (Phi) is 8.41. The maximum atomic E-state index is 13.4. The second-order valence-corrected chi connectivity index (χ2v) is 9.16. The predicted octanol–water partition coefficient (Wildman–Crippen LogP) is 3.76. The van der Waals surface area contributed by atoms with Gasteiger partial charge in [0.1, 0.15) is 5.75 Å². The molecule has 0 unspecified atom stereocenters. The predicted molar refractivity (Wildman–Crippen MR) is 134 cm³/mol. The van der Waals surface area contributed by atoms with Crippen LogP contribution >= 0.6 is 0 Å². The molecule has 2 aromatic carbocycles. The average Bonchev–Trinajstić information content (AvgIpc) is 3.40. The van der Waals surface area contributed by atoms with E-state index >= 15 is 0 Å². The molecular formula is C27H36N4O3. The highest BCUT2D eigenvalue weighted by Gasteiger charge is 2.37. The van der Waals surface area contributed by atoms with E-state index in [4.69, 9.17) is 4.74 Å². The molecule has 0 spiro atoms. The molecule has 1 atom stereocenters. The molecule has 182 valence electrons. The molecule has 0 radical (unpaired) electrons. The van der Waals surface area contributed by atoms with E-state index in [0.29, 0.717) is 38.6 Å². The molecule has 1 saturated heterocycles. The minimum Gasteiger partial charge on any atom is -0.496 e. The first kappa shape index (κ1) is 24.1. The summed E-state index contributed by atoms with van der Waals surface area (Å²) < 4.78 is 5.44. The first-order chi connectivity index (χ1) is 16.7. The van der Waals surface area contributed by atoms with Gasteiger partial charge in [-0.2, -0.15) is 0 Å². The van der Waals surface area contributed by atoms with Crippen molar-refractivity contribution in [2.24, 2.45) is 5.92 Å². The quantitative estimate of drug-likeness (QED) is 0.624. The first-order valence-corrected chi connectivity index (χ1v) is 12.4. The van der Waals surface area contributed by atoms with Crippen molar-refractivity contribution in [1.29, 1.82) is 0 Å². The van der Waals surface area contributed by atoms with Gasteiger partial charge in [0.2, 0.25) is 5.91 Å². The summed E-state index contributed by atoms with van der Waals surface area (Å²) in [6.07, 6.45) is 5.31. The highest BCUT2D eigenvalue weighted by molar-refractivity contribution is 5.89. The molecule has 0 aromatic heterocycles. The summed E-state index contributed by atoms with van der Waals surface area (Å²) in [7, 11) is 1.67. The Hall–Kier alpha value is -3.06. The SMILES string of the molecule is COc1ccccc1CCNC(=O)[C@@H](C1CCCC1)N1CCN(C(=O)Nc2ccccc2)CC1. The van der Waals surface area contributed by atoms with E-state index in [0.717, 1.165) is 36.3 Å². The summed E-state index contributed by atoms with van der Waals surface area (Å²) in [5.74, 6) is 1.36. The van der Waals surface area contributed by atoms with Crippen LogP contribution in [0.15, 0.2) is 54.6 Å². The van der Waals surface area contributed by atoms with Gasteiger partial charge >= 0.3 is 6.03 Å². The highest BCUT2D eigenvalue weighted by atomic mass is 16.5. The standard InChI is InChI=1S/C27H36N4O3/c1-34-24-14-8-7-9-21(24)15-16-28-26(32)25(22-10-5-6-11-22)30-17-19-31(20-18-30)27(33)29-23-12-3-2-4-13-23/h2-4,7-9,12-14,22,25H,5-6,10-11,15-20H2,1H3,(H,28,32)(H,29,33)/t25-/m1/s1. The zero-order valence-electron chi connectivity index (χ0n) is 20.0. The monoisotopic (exact) mass is 464 g/mol. The molecule has 1 saturated carbocycles. The molecule has 4 rings (SSSR count). The van der Waals surface area contributed by atoms with Crippen molar-refractivity contribution in [2.75, 3.05) is 45.2 Å². The lowest BCUT2D eigenvalue weighted by atomic mass is 9.95. The number of urea groups is 1. The minimum atomic E-state index is -0.125. The fraction of sp³-hybridized carbons (Fsp3) is 0.481. The van der Waals surface area contributed by atoms with Gasteiger partial charge in [-0.05, 0) is 48.9 Å². The smallest absolute Gasteiger partial charge is 0.321 e. The van der Waals surface area contributed by atoms with Crippen LogP contribution in [0, 0.1) is 5.92 Å². The van der Waals surface area contributed by atoms with E-state index < -0.39 is 0 Å². The van der Waals surface area contributed by atoms with Gasteiger partial charge in [-0.3, -0.25) is 9.69 Å². The number of methoxy groups -OCH3 is 1. The van der Waals surface area contributed by atoms with Crippen LogP contribution in [0.4, 0.5) is 10.5 Å². The van der Waals surface area contributed by atoms with Gasteiger partial charge in [-0.1, -0.05) is 49.2 Å². The molecule has 0 bridgehead atoms. The third-order valence-corrected chi connectivity index (χ3v) is 7.02. The lowest BCUT2D eigenvalue weighted by Gasteiger charge is -2.40. The molecule has 7 nitrogen and oxygen atoms in total. The summed E-state index contributed by atoms with van der Waals surface area (Å²) in [6.45, 7) is 3.25. The second-order valence-electron chi connectivity index (χ2n) is 9.16. The zero-order chi connectivity index (χ0) is 23.8.